The van der Waals surface area contributed by atoms with Crippen LogP contribution in [0.15, 0.2) is 39.3 Å². The zero-order valence-corrected chi connectivity index (χ0v) is 14.5. The smallest absolute Gasteiger partial charge is 0.139 e. The van der Waals surface area contributed by atoms with Gasteiger partial charge < -0.3 is 14.2 Å². The van der Waals surface area contributed by atoms with Gasteiger partial charge in [0.2, 0.25) is 0 Å². The van der Waals surface area contributed by atoms with Gasteiger partial charge in [-0.25, -0.2) is 0 Å². The predicted octanol–water partition coefficient (Wildman–Crippen LogP) is 5.33. The average Bonchev–Trinajstić information content (AvgIpc) is 2.44. The van der Waals surface area contributed by atoms with Crippen LogP contribution >= 0.6 is 31.9 Å². The van der Waals surface area contributed by atoms with E-state index in [9.17, 15) is 0 Å². The molecule has 0 aliphatic rings. The van der Waals surface area contributed by atoms with Gasteiger partial charge in [0, 0.05) is 11.6 Å². The molecule has 0 aliphatic heterocycles. The fraction of sp³-hybridized carbons (Fsp3) is 0.200. The van der Waals surface area contributed by atoms with Crippen molar-refractivity contribution < 1.29 is 14.2 Å². The molecule has 5 heteroatoms. The summed E-state index contributed by atoms with van der Waals surface area (Å²) >= 11 is 6.87. The first-order valence-electron chi connectivity index (χ1n) is 5.91. The van der Waals surface area contributed by atoms with Crippen molar-refractivity contribution in [3.63, 3.8) is 0 Å². The van der Waals surface area contributed by atoms with Gasteiger partial charge in [-0.15, -0.1) is 0 Å². The van der Waals surface area contributed by atoms with E-state index in [2.05, 4.69) is 31.9 Å². The first-order chi connectivity index (χ1) is 9.56. The summed E-state index contributed by atoms with van der Waals surface area (Å²) in [4.78, 5) is 0. The molecule has 106 valence electrons. The van der Waals surface area contributed by atoms with Crippen LogP contribution in [0.3, 0.4) is 0 Å². The minimum Gasteiger partial charge on any atom is -0.495 e. The van der Waals surface area contributed by atoms with Crippen LogP contribution in [0.4, 0.5) is 0 Å². The van der Waals surface area contributed by atoms with Gasteiger partial charge in [-0.1, -0.05) is 0 Å². The Bertz CT molecular complexity index is 627. The fourth-order valence-electron chi connectivity index (χ4n) is 1.83. The molecule has 0 heterocycles. The second kappa shape index (κ2) is 6.50. The molecule has 0 N–H and O–H groups in total. The van der Waals surface area contributed by atoms with Crippen LogP contribution in [0.5, 0.6) is 23.0 Å². The van der Waals surface area contributed by atoms with Gasteiger partial charge in [-0.2, -0.15) is 0 Å². The van der Waals surface area contributed by atoms with Gasteiger partial charge in [0.15, 0.2) is 0 Å². The molecule has 0 radical (unpaired) electrons. The Morgan fingerprint density at radius 3 is 2.20 bits per heavy atom. The molecule has 2 aromatic carbocycles. The van der Waals surface area contributed by atoms with E-state index in [1.807, 2.05) is 37.3 Å². The SMILES string of the molecule is COc1cc(Oc2ccc(Br)c(OC)c2C)ccc1Br. The summed E-state index contributed by atoms with van der Waals surface area (Å²) in [5.74, 6) is 2.95. The lowest BCUT2D eigenvalue weighted by atomic mass is 10.2. The molecule has 0 atom stereocenters. The molecule has 0 fully saturated rings. The largest absolute Gasteiger partial charge is 0.495 e. The van der Waals surface area contributed by atoms with Crippen LogP contribution in [0.1, 0.15) is 5.56 Å². The van der Waals surface area contributed by atoms with Crippen molar-refractivity contribution in [3.05, 3.63) is 44.8 Å². The van der Waals surface area contributed by atoms with Crippen molar-refractivity contribution in [2.24, 2.45) is 0 Å². The van der Waals surface area contributed by atoms with E-state index in [1.54, 1.807) is 14.2 Å². The molecule has 0 saturated heterocycles. The lowest BCUT2D eigenvalue weighted by Gasteiger charge is -2.14. The van der Waals surface area contributed by atoms with E-state index in [-0.39, 0.29) is 0 Å². The Labute approximate surface area is 135 Å². The first kappa shape index (κ1) is 15.2. The zero-order valence-electron chi connectivity index (χ0n) is 11.4. The highest BCUT2D eigenvalue weighted by Gasteiger charge is 2.11. The minimum absolute atomic E-state index is 0.706. The number of halogens is 2. The highest BCUT2D eigenvalue weighted by Crippen LogP contribution is 2.38. The van der Waals surface area contributed by atoms with E-state index in [4.69, 9.17) is 14.2 Å². The monoisotopic (exact) mass is 400 g/mol. The third-order valence-electron chi connectivity index (χ3n) is 2.86. The summed E-state index contributed by atoms with van der Waals surface area (Å²) < 4.78 is 18.3. The quantitative estimate of drug-likeness (QED) is 0.692. The molecule has 2 aromatic rings. The second-order valence-electron chi connectivity index (χ2n) is 4.10. The van der Waals surface area contributed by atoms with Crippen molar-refractivity contribution >= 4 is 31.9 Å². The third kappa shape index (κ3) is 3.10. The van der Waals surface area contributed by atoms with Gasteiger partial charge in [0.25, 0.3) is 0 Å². The number of rotatable bonds is 4. The number of ether oxygens (including phenoxy) is 3. The number of hydrogen-bond donors (Lipinski definition) is 0. The summed E-state index contributed by atoms with van der Waals surface area (Å²) in [6.45, 7) is 1.95. The van der Waals surface area contributed by atoms with Gasteiger partial charge in [-0.05, 0) is 63.0 Å². The summed E-state index contributed by atoms with van der Waals surface area (Å²) in [5.41, 5.74) is 0.934. The molecule has 0 unspecified atom stereocenters. The molecule has 0 spiro atoms. The minimum atomic E-state index is 0.706. The van der Waals surface area contributed by atoms with Crippen molar-refractivity contribution in [2.75, 3.05) is 14.2 Å². The molecular weight excluding hydrogens is 388 g/mol. The van der Waals surface area contributed by atoms with E-state index < -0.39 is 0 Å². The molecule has 0 amide bonds. The summed E-state index contributed by atoms with van der Waals surface area (Å²) in [6, 6.07) is 9.39. The first-order valence-corrected chi connectivity index (χ1v) is 7.50. The highest BCUT2D eigenvalue weighted by atomic mass is 79.9. The lowest BCUT2D eigenvalue weighted by molar-refractivity contribution is 0.398. The Balaban J connectivity index is 2.35. The Morgan fingerprint density at radius 2 is 1.55 bits per heavy atom. The van der Waals surface area contributed by atoms with E-state index >= 15 is 0 Å². The van der Waals surface area contributed by atoms with Crippen LogP contribution in [0, 0.1) is 6.92 Å². The second-order valence-corrected chi connectivity index (χ2v) is 5.81. The standard InChI is InChI=1S/C15H14Br2O3/c1-9-13(7-6-12(17)15(9)19-3)20-10-4-5-11(16)14(8-10)18-2/h4-8H,1-3H3. The molecule has 0 aromatic heterocycles. The van der Waals surface area contributed by atoms with Crippen LogP contribution in [0.25, 0.3) is 0 Å². The third-order valence-corrected chi connectivity index (χ3v) is 4.14. The van der Waals surface area contributed by atoms with E-state index in [0.29, 0.717) is 5.75 Å². The molecular formula is C15H14Br2O3. The van der Waals surface area contributed by atoms with Crippen LogP contribution < -0.4 is 14.2 Å². The highest BCUT2D eigenvalue weighted by molar-refractivity contribution is 9.10. The maximum Gasteiger partial charge on any atom is 0.139 e. The van der Waals surface area contributed by atoms with E-state index in [1.165, 1.54) is 0 Å². The molecule has 3 nitrogen and oxygen atoms in total. The van der Waals surface area contributed by atoms with Crippen LogP contribution in [-0.2, 0) is 0 Å². The van der Waals surface area contributed by atoms with Crippen molar-refractivity contribution in [1.82, 2.24) is 0 Å². The Morgan fingerprint density at radius 1 is 0.850 bits per heavy atom. The topological polar surface area (TPSA) is 27.7 Å². The van der Waals surface area contributed by atoms with Crippen molar-refractivity contribution in [3.8, 4) is 23.0 Å². The normalized spacial score (nSPS) is 10.2. The van der Waals surface area contributed by atoms with Gasteiger partial charge in [0.1, 0.15) is 23.0 Å². The molecule has 0 bridgehead atoms. The van der Waals surface area contributed by atoms with Gasteiger partial charge in [0.05, 0.1) is 23.2 Å². The lowest BCUT2D eigenvalue weighted by Crippen LogP contribution is -1.94. The summed E-state index contributed by atoms with van der Waals surface area (Å²) in [6.07, 6.45) is 0. The van der Waals surface area contributed by atoms with Crippen LogP contribution in [0.2, 0.25) is 0 Å². The number of benzene rings is 2. The average molecular weight is 402 g/mol. The summed E-state index contributed by atoms with van der Waals surface area (Å²) in [7, 11) is 3.26. The summed E-state index contributed by atoms with van der Waals surface area (Å²) in [5, 5.41) is 0. The molecule has 0 saturated carbocycles. The predicted molar refractivity (Wildman–Crippen MR) is 86.2 cm³/mol. The van der Waals surface area contributed by atoms with Crippen molar-refractivity contribution in [2.45, 2.75) is 6.92 Å². The fourth-order valence-corrected chi connectivity index (χ4v) is 2.83. The van der Waals surface area contributed by atoms with Gasteiger partial charge in [-0.3, -0.25) is 0 Å². The molecule has 20 heavy (non-hydrogen) atoms. The number of hydrogen-bond acceptors (Lipinski definition) is 3. The van der Waals surface area contributed by atoms with Crippen LogP contribution in [-0.4, -0.2) is 14.2 Å². The Hall–Kier alpha value is -1.20. The van der Waals surface area contributed by atoms with Crippen molar-refractivity contribution in [1.29, 1.82) is 0 Å². The zero-order chi connectivity index (χ0) is 14.7. The van der Waals surface area contributed by atoms with E-state index in [0.717, 1.165) is 31.8 Å². The molecule has 0 aliphatic carbocycles. The Kier molecular flexibility index (Phi) is 4.94. The maximum atomic E-state index is 5.90. The maximum absolute atomic E-state index is 5.90. The number of methoxy groups -OCH3 is 2. The van der Waals surface area contributed by atoms with Gasteiger partial charge >= 0.3 is 0 Å². The molecule has 2 rings (SSSR count).